The highest BCUT2D eigenvalue weighted by Crippen LogP contribution is 2.19. The van der Waals surface area contributed by atoms with Crippen molar-refractivity contribution in [2.75, 3.05) is 5.32 Å². The molecule has 0 radical (unpaired) electrons. The average molecular weight is 405 g/mol. The number of carbonyl (C=O) groups is 1. The van der Waals surface area contributed by atoms with Crippen molar-refractivity contribution in [3.8, 4) is 0 Å². The molecule has 1 N–H and O–H groups in total. The van der Waals surface area contributed by atoms with Crippen molar-refractivity contribution in [1.29, 1.82) is 0 Å². The predicted octanol–water partition coefficient (Wildman–Crippen LogP) is 4.91. The summed E-state index contributed by atoms with van der Waals surface area (Å²) in [5.41, 5.74) is 2.63. The highest BCUT2D eigenvalue weighted by atomic mass is 79.9. The Morgan fingerprint density at radius 3 is 2.62 bits per heavy atom. The zero-order chi connectivity index (χ0) is 17.1. The maximum Gasteiger partial charge on any atom is 0.257 e. The highest BCUT2D eigenvalue weighted by Gasteiger charge is 2.12. The fourth-order valence-corrected chi connectivity index (χ4v) is 2.89. The molecule has 0 unspecified atom stereocenters. The van der Waals surface area contributed by atoms with Gasteiger partial charge in [0.05, 0.1) is 6.54 Å². The summed E-state index contributed by atoms with van der Waals surface area (Å²) >= 11 is 9.37. The number of benzene rings is 2. The van der Waals surface area contributed by atoms with Crippen molar-refractivity contribution < 1.29 is 4.79 Å². The molecule has 0 bridgehead atoms. The summed E-state index contributed by atoms with van der Waals surface area (Å²) in [4.78, 5) is 12.4. The summed E-state index contributed by atoms with van der Waals surface area (Å²) in [6.45, 7) is 2.49. The quantitative estimate of drug-likeness (QED) is 0.672. The van der Waals surface area contributed by atoms with Crippen LogP contribution in [0.1, 0.15) is 21.5 Å². The van der Waals surface area contributed by atoms with Gasteiger partial charge in [0.1, 0.15) is 4.60 Å². The minimum atomic E-state index is -0.170. The lowest BCUT2D eigenvalue weighted by atomic mass is 10.1. The molecule has 0 aliphatic carbocycles. The second-order valence-corrected chi connectivity index (χ2v) is 6.65. The molecule has 0 saturated heterocycles. The first-order valence-corrected chi connectivity index (χ1v) is 8.55. The molecule has 4 nitrogen and oxygen atoms in total. The second-order valence-electron chi connectivity index (χ2n) is 5.41. The molecule has 0 fully saturated rings. The minimum absolute atomic E-state index is 0.170. The molecule has 6 heteroatoms. The van der Waals surface area contributed by atoms with Gasteiger partial charge in [0.25, 0.3) is 5.91 Å². The van der Waals surface area contributed by atoms with E-state index in [4.69, 9.17) is 11.6 Å². The van der Waals surface area contributed by atoms with E-state index in [1.807, 2.05) is 49.4 Å². The Balaban J connectivity index is 1.75. The zero-order valence-corrected chi connectivity index (χ0v) is 15.3. The van der Waals surface area contributed by atoms with Crippen LogP contribution in [0.2, 0.25) is 5.02 Å². The molecule has 0 aliphatic heterocycles. The molecule has 1 aromatic heterocycles. The van der Waals surface area contributed by atoms with Gasteiger partial charge in [0, 0.05) is 16.7 Å². The van der Waals surface area contributed by atoms with Gasteiger partial charge in [-0.2, -0.15) is 5.10 Å². The first-order valence-electron chi connectivity index (χ1n) is 7.38. The molecular weight excluding hydrogens is 390 g/mol. The molecule has 0 spiro atoms. The molecule has 3 rings (SSSR count). The monoisotopic (exact) mass is 403 g/mol. The van der Waals surface area contributed by atoms with E-state index in [9.17, 15) is 4.79 Å². The number of amides is 1. The lowest BCUT2D eigenvalue weighted by Gasteiger charge is -2.05. The SMILES string of the molecule is Cc1ccccc1C(=O)Nc1cc(Br)n(Cc2ccc(Cl)cc2)n1. The summed E-state index contributed by atoms with van der Waals surface area (Å²) in [5.74, 6) is 0.334. The Kier molecular flexibility index (Phi) is 5.02. The van der Waals surface area contributed by atoms with E-state index >= 15 is 0 Å². The Hall–Kier alpha value is -2.11. The van der Waals surface area contributed by atoms with Crippen LogP contribution in [0, 0.1) is 6.92 Å². The van der Waals surface area contributed by atoms with Gasteiger partial charge in [-0.1, -0.05) is 41.9 Å². The molecule has 122 valence electrons. The van der Waals surface area contributed by atoms with Crippen LogP contribution in [0.15, 0.2) is 59.2 Å². The Morgan fingerprint density at radius 2 is 1.92 bits per heavy atom. The number of nitrogens with one attached hydrogen (secondary N) is 1. The molecule has 2 aromatic carbocycles. The van der Waals surface area contributed by atoms with Crippen LogP contribution in [0.4, 0.5) is 5.82 Å². The number of hydrogen-bond acceptors (Lipinski definition) is 2. The van der Waals surface area contributed by atoms with Gasteiger partial charge in [-0.05, 0) is 52.2 Å². The summed E-state index contributed by atoms with van der Waals surface area (Å²) < 4.78 is 2.56. The van der Waals surface area contributed by atoms with Gasteiger partial charge in [0.2, 0.25) is 0 Å². The van der Waals surface area contributed by atoms with Crippen LogP contribution in [-0.4, -0.2) is 15.7 Å². The number of aryl methyl sites for hydroxylation is 1. The first-order chi connectivity index (χ1) is 11.5. The van der Waals surface area contributed by atoms with Gasteiger partial charge in [-0.3, -0.25) is 9.48 Å². The number of rotatable bonds is 4. The molecule has 24 heavy (non-hydrogen) atoms. The average Bonchev–Trinajstić information content (AvgIpc) is 2.89. The number of anilines is 1. The number of halogens is 2. The molecule has 1 heterocycles. The lowest BCUT2D eigenvalue weighted by molar-refractivity contribution is 0.102. The largest absolute Gasteiger partial charge is 0.305 e. The van der Waals surface area contributed by atoms with E-state index in [1.54, 1.807) is 16.8 Å². The summed E-state index contributed by atoms with van der Waals surface area (Å²) in [6.07, 6.45) is 0. The van der Waals surface area contributed by atoms with E-state index in [1.165, 1.54) is 0 Å². The van der Waals surface area contributed by atoms with Gasteiger partial charge in [-0.25, -0.2) is 0 Å². The molecule has 1 amide bonds. The molecule has 0 atom stereocenters. The fraction of sp³-hybridized carbons (Fsp3) is 0.111. The van der Waals surface area contributed by atoms with Crippen LogP contribution in [0.3, 0.4) is 0 Å². The standard InChI is InChI=1S/C18H15BrClN3O/c1-12-4-2-3-5-15(12)18(24)21-17-10-16(19)23(22-17)11-13-6-8-14(20)9-7-13/h2-10H,11H2,1H3,(H,21,22,24). The van der Waals surface area contributed by atoms with Crippen LogP contribution >= 0.6 is 27.5 Å². The molecular formula is C18H15BrClN3O. The maximum atomic E-state index is 12.4. The Bertz CT molecular complexity index is 874. The van der Waals surface area contributed by atoms with Crippen LogP contribution in [-0.2, 0) is 6.54 Å². The van der Waals surface area contributed by atoms with Crippen LogP contribution < -0.4 is 5.32 Å². The van der Waals surface area contributed by atoms with Crippen molar-refractivity contribution in [2.24, 2.45) is 0 Å². The maximum absolute atomic E-state index is 12.4. The third-order valence-electron chi connectivity index (χ3n) is 3.61. The van der Waals surface area contributed by atoms with E-state index in [0.717, 1.165) is 15.7 Å². The molecule has 0 saturated carbocycles. The minimum Gasteiger partial charge on any atom is -0.305 e. The highest BCUT2D eigenvalue weighted by molar-refractivity contribution is 9.10. The van der Waals surface area contributed by atoms with Gasteiger partial charge < -0.3 is 5.32 Å². The summed E-state index contributed by atoms with van der Waals surface area (Å²) in [6, 6.07) is 16.8. The number of aromatic nitrogens is 2. The van der Waals surface area contributed by atoms with E-state index in [0.29, 0.717) is 22.9 Å². The van der Waals surface area contributed by atoms with Crippen molar-refractivity contribution >= 4 is 39.3 Å². The number of hydrogen-bond donors (Lipinski definition) is 1. The third-order valence-corrected chi connectivity index (χ3v) is 4.50. The van der Waals surface area contributed by atoms with E-state index < -0.39 is 0 Å². The summed E-state index contributed by atoms with van der Waals surface area (Å²) in [5, 5.41) is 7.96. The van der Waals surface area contributed by atoms with Gasteiger partial charge in [-0.15, -0.1) is 0 Å². The van der Waals surface area contributed by atoms with Crippen LogP contribution in [0.25, 0.3) is 0 Å². The first kappa shape index (κ1) is 16.7. The van der Waals surface area contributed by atoms with Gasteiger partial charge in [0.15, 0.2) is 5.82 Å². The Labute approximate surface area is 153 Å². The fourth-order valence-electron chi connectivity index (χ4n) is 2.34. The number of nitrogens with zero attached hydrogens (tertiary/aromatic N) is 2. The van der Waals surface area contributed by atoms with Crippen LogP contribution in [0.5, 0.6) is 0 Å². The van der Waals surface area contributed by atoms with Crippen molar-refractivity contribution in [3.05, 3.63) is 80.9 Å². The normalized spacial score (nSPS) is 10.6. The zero-order valence-electron chi connectivity index (χ0n) is 13.0. The van der Waals surface area contributed by atoms with Crippen molar-refractivity contribution in [3.63, 3.8) is 0 Å². The van der Waals surface area contributed by atoms with E-state index in [2.05, 4.69) is 26.3 Å². The van der Waals surface area contributed by atoms with Gasteiger partial charge >= 0.3 is 0 Å². The second kappa shape index (κ2) is 7.20. The van der Waals surface area contributed by atoms with E-state index in [-0.39, 0.29) is 5.91 Å². The Morgan fingerprint density at radius 1 is 1.21 bits per heavy atom. The third kappa shape index (κ3) is 3.86. The summed E-state index contributed by atoms with van der Waals surface area (Å²) in [7, 11) is 0. The van der Waals surface area contributed by atoms with Crippen molar-refractivity contribution in [1.82, 2.24) is 9.78 Å². The topological polar surface area (TPSA) is 46.9 Å². The lowest BCUT2D eigenvalue weighted by Crippen LogP contribution is -2.14. The molecule has 0 aliphatic rings. The number of carbonyl (C=O) groups excluding carboxylic acids is 1. The van der Waals surface area contributed by atoms with Crippen molar-refractivity contribution in [2.45, 2.75) is 13.5 Å². The predicted molar refractivity (Wildman–Crippen MR) is 99.6 cm³/mol. The molecule has 3 aromatic rings. The smallest absolute Gasteiger partial charge is 0.257 e.